The fraction of sp³-hybridized carbons (Fsp3) is 0.296. The van der Waals surface area contributed by atoms with E-state index in [0.29, 0.717) is 11.1 Å². The summed E-state index contributed by atoms with van der Waals surface area (Å²) in [7, 11) is 0. The number of aromatic amines is 1. The summed E-state index contributed by atoms with van der Waals surface area (Å²) < 4.78 is 0. The van der Waals surface area contributed by atoms with E-state index in [1.54, 1.807) is 18.3 Å². The number of fused-ring (bicyclic) bond motifs is 1. The highest BCUT2D eigenvalue weighted by atomic mass is 16.4. The Hall–Kier alpha value is -4.91. The number of H-pyrrole nitrogens is 1. The maximum Gasteiger partial charge on any atom is 0.326 e. The Bertz CT molecular complexity index is 1370. The van der Waals surface area contributed by atoms with Crippen molar-refractivity contribution in [1.82, 2.24) is 20.9 Å². The summed E-state index contributed by atoms with van der Waals surface area (Å²) in [5.41, 5.74) is 12.9. The third kappa shape index (κ3) is 8.56. The van der Waals surface area contributed by atoms with Crippen molar-refractivity contribution in [3.63, 3.8) is 0 Å². The average molecular weight is 553 g/mol. The Labute approximate surface area is 229 Å². The third-order valence-corrected chi connectivity index (χ3v) is 6.20. The molecule has 10 N–H and O–H groups in total. The molecule has 2 aromatic carbocycles. The molecule has 0 saturated carbocycles. The summed E-state index contributed by atoms with van der Waals surface area (Å²) >= 11 is 0. The summed E-state index contributed by atoms with van der Waals surface area (Å²) in [6.07, 6.45) is 1.57. The van der Waals surface area contributed by atoms with E-state index >= 15 is 0 Å². The van der Waals surface area contributed by atoms with Crippen molar-refractivity contribution in [2.24, 2.45) is 11.5 Å². The number of carboxylic acid groups (broad SMARTS) is 1. The van der Waals surface area contributed by atoms with Gasteiger partial charge in [-0.05, 0) is 35.7 Å². The molecule has 13 nitrogen and oxygen atoms in total. The van der Waals surface area contributed by atoms with Crippen molar-refractivity contribution >= 4 is 40.5 Å². The van der Waals surface area contributed by atoms with Crippen LogP contribution in [0.3, 0.4) is 0 Å². The first-order valence-electron chi connectivity index (χ1n) is 12.5. The van der Waals surface area contributed by atoms with Crippen molar-refractivity contribution in [2.45, 2.75) is 43.8 Å². The van der Waals surface area contributed by atoms with Crippen LogP contribution in [0.15, 0.2) is 54.7 Å². The highest BCUT2D eigenvalue weighted by Crippen LogP contribution is 2.19. The van der Waals surface area contributed by atoms with E-state index in [2.05, 4.69) is 20.9 Å². The minimum absolute atomic E-state index is 0.00594. The van der Waals surface area contributed by atoms with Gasteiger partial charge in [-0.25, -0.2) is 4.79 Å². The molecule has 0 saturated heterocycles. The number of carbonyl (C=O) groups is 5. The summed E-state index contributed by atoms with van der Waals surface area (Å²) in [4.78, 5) is 64.1. The maximum atomic E-state index is 13.3. The van der Waals surface area contributed by atoms with Gasteiger partial charge in [-0.2, -0.15) is 0 Å². The standard InChI is InChI=1S/C27H32N6O7/c28-19(9-10-23(29)35)25(37)31-14-24(36)32-21(12-16-13-30-20-4-2-1-3-18(16)20)26(38)33-22(27(39)40)11-15-5-7-17(34)8-6-15/h1-8,13,19,21-22,30,34H,9-12,14,28H2,(H2,29,35)(H,31,37)(H,32,36)(H,33,38)(H,39,40). The molecule has 0 spiro atoms. The summed E-state index contributed by atoms with van der Waals surface area (Å²) in [6.45, 7) is -0.503. The largest absolute Gasteiger partial charge is 0.508 e. The lowest BCUT2D eigenvalue weighted by molar-refractivity contribution is -0.142. The molecule has 0 aliphatic carbocycles. The molecule has 212 valence electrons. The number of carbonyl (C=O) groups excluding carboxylic acids is 4. The van der Waals surface area contributed by atoms with E-state index in [1.807, 2.05) is 24.3 Å². The zero-order valence-corrected chi connectivity index (χ0v) is 21.6. The fourth-order valence-corrected chi connectivity index (χ4v) is 4.04. The van der Waals surface area contributed by atoms with E-state index in [-0.39, 0.29) is 31.4 Å². The van der Waals surface area contributed by atoms with Crippen LogP contribution >= 0.6 is 0 Å². The molecule has 4 amide bonds. The Morgan fingerprint density at radius 3 is 2.27 bits per heavy atom. The molecular weight excluding hydrogens is 520 g/mol. The predicted molar refractivity (Wildman–Crippen MR) is 145 cm³/mol. The summed E-state index contributed by atoms with van der Waals surface area (Å²) in [6, 6.07) is 9.69. The van der Waals surface area contributed by atoms with Crippen LogP contribution in [0.2, 0.25) is 0 Å². The second-order valence-electron chi connectivity index (χ2n) is 9.28. The highest BCUT2D eigenvalue weighted by Gasteiger charge is 2.28. The normalized spacial score (nSPS) is 13.1. The summed E-state index contributed by atoms with van der Waals surface area (Å²) in [5, 5.41) is 27.4. The van der Waals surface area contributed by atoms with Crippen molar-refractivity contribution < 1.29 is 34.2 Å². The molecule has 1 aromatic heterocycles. The van der Waals surface area contributed by atoms with Crippen LogP contribution in [-0.4, -0.2) is 69.5 Å². The number of hydrogen-bond donors (Lipinski definition) is 8. The number of aromatic nitrogens is 1. The molecule has 0 bridgehead atoms. The molecule has 0 fully saturated rings. The van der Waals surface area contributed by atoms with Crippen molar-refractivity contribution in [3.8, 4) is 5.75 Å². The Balaban J connectivity index is 1.72. The fourth-order valence-electron chi connectivity index (χ4n) is 4.04. The van der Waals surface area contributed by atoms with Gasteiger partial charge < -0.3 is 42.6 Å². The number of primary amides is 1. The maximum absolute atomic E-state index is 13.3. The monoisotopic (exact) mass is 552 g/mol. The second kappa shape index (κ2) is 13.8. The highest BCUT2D eigenvalue weighted by molar-refractivity contribution is 5.93. The number of aliphatic carboxylic acids is 1. The summed E-state index contributed by atoms with van der Waals surface area (Å²) in [5.74, 6) is -4.00. The molecule has 3 atom stereocenters. The lowest BCUT2D eigenvalue weighted by Crippen LogP contribution is -2.54. The number of nitrogens with two attached hydrogens (primary N) is 2. The Morgan fingerprint density at radius 1 is 0.900 bits per heavy atom. The second-order valence-corrected chi connectivity index (χ2v) is 9.28. The number of rotatable bonds is 14. The van der Waals surface area contributed by atoms with Gasteiger partial charge in [0.05, 0.1) is 12.6 Å². The number of amides is 4. The molecule has 3 unspecified atom stereocenters. The number of aromatic hydroxyl groups is 1. The van der Waals surface area contributed by atoms with Crippen molar-refractivity contribution in [2.75, 3.05) is 6.54 Å². The number of benzene rings is 2. The van der Waals surface area contributed by atoms with Crippen LogP contribution in [0.1, 0.15) is 24.0 Å². The molecule has 0 radical (unpaired) electrons. The first-order chi connectivity index (χ1) is 19.0. The molecular formula is C27H32N6O7. The Morgan fingerprint density at radius 2 is 1.60 bits per heavy atom. The number of carboxylic acids is 1. The number of para-hydroxylation sites is 1. The number of hydrogen-bond acceptors (Lipinski definition) is 7. The average Bonchev–Trinajstić information content (AvgIpc) is 3.33. The molecule has 0 aliphatic heterocycles. The SMILES string of the molecule is NC(=O)CCC(N)C(=O)NCC(=O)NC(Cc1c[nH]c2ccccc12)C(=O)NC(Cc1ccc(O)cc1)C(=O)O. The van der Waals surface area contributed by atoms with Crippen LogP contribution in [0.4, 0.5) is 0 Å². The van der Waals surface area contributed by atoms with Gasteiger partial charge in [0.2, 0.25) is 23.6 Å². The lowest BCUT2D eigenvalue weighted by Gasteiger charge is -2.22. The Kier molecular flexibility index (Phi) is 10.2. The van der Waals surface area contributed by atoms with Crippen LogP contribution in [-0.2, 0) is 36.8 Å². The van der Waals surface area contributed by atoms with Gasteiger partial charge in [0.15, 0.2) is 0 Å². The van der Waals surface area contributed by atoms with Gasteiger partial charge in [0.1, 0.15) is 17.8 Å². The van der Waals surface area contributed by atoms with Gasteiger partial charge >= 0.3 is 5.97 Å². The minimum Gasteiger partial charge on any atom is -0.508 e. The number of phenols is 1. The molecule has 3 aromatic rings. The van der Waals surface area contributed by atoms with E-state index in [4.69, 9.17) is 11.5 Å². The minimum atomic E-state index is -1.32. The number of phenolic OH excluding ortho intramolecular Hbond substituents is 1. The zero-order valence-electron chi connectivity index (χ0n) is 21.6. The van der Waals surface area contributed by atoms with Crippen LogP contribution < -0.4 is 27.4 Å². The van der Waals surface area contributed by atoms with Gasteiger partial charge in [0.25, 0.3) is 0 Å². The first kappa shape index (κ1) is 29.6. The smallest absolute Gasteiger partial charge is 0.326 e. The van der Waals surface area contributed by atoms with Gasteiger partial charge in [-0.15, -0.1) is 0 Å². The van der Waals surface area contributed by atoms with E-state index < -0.39 is 54.3 Å². The van der Waals surface area contributed by atoms with Crippen molar-refractivity contribution in [1.29, 1.82) is 0 Å². The first-order valence-corrected chi connectivity index (χ1v) is 12.5. The zero-order chi connectivity index (χ0) is 29.2. The van der Waals surface area contributed by atoms with E-state index in [0.717, 1.165) is 10.9 Å². The third-order valence-electron chi connectivity index (χ3n) is 6.20. The molecule has 40 heavy (non-hydrogen) atoms. The van der Waals surface area contributed by atoms with E-state index in [1.165, 1.54) is 12.1 Å². The molecule has 13 heteroatoms. The molecule has 3 rings (SSSR count). The van der Waals surface area contributed by atoms with Crippen LogP contribution in [0.25, 0.3) is 10.9 Å². The van der Waals surface area contributed by atoms with Gasteiger partial charge in [-0.1, -0.05) is 30.3 Å². The quantitative estimate of drug-likeness (QED) is 0.129. The van der Waals surface area contributed by atoms with Crippen LogP contribution in [0, 0.1) is 0 Å². The van der Waals surface area contributed by atoms with Crippen molar-refractivity contribution in [3.05, 3.63) is 65.9 Å². The predicted octanol–water partition coefficient (Wildman–Crippen LogP) is -0.578. The number of nitrogens with one attached hydrogen (secondary N) is 4. The molecule has 0 aliphatic rings. The molecule has 1 heterocycles. The van der Waals surface area contributed by atoms with Gasteiger partial charge in [0, 0.05) is 36.4 Å². The van der Waals surface area contributed by atoms with Crippen LogP contribution in [0.5, 0.6) is 5.75 Å². The van der Waals surface area contributed by atoms with Gasteiger partial charge in [-0.3, -0.25) is 19.2 Å². The topological polar surface area (TPSA) is 230 Å². The van der Waals surface area contributed by atoms with E-state index in [9.17, 15) is 34.2 Å². The lowest BCUT2D eigenvalue weighted by atomic mass is 10.0.